The van der Waals surface area contributed by atoms with Gasteiger partial charge in [-0.2, -0.15) is 0 Å². The van der Waals surface area contributed by atoms with Crippen molar-refractivity contribution in [3.05, 3.63) is 22.2 Å². The molecule has 3 rings (SSSR count). The number of rotatable bonds is 3. The highest BCUT2D eigenvalue weighted by Gasteiger charge is 2.28. The number of nitrogens with one attached hydrogen (secondary N) is 1. The van der Waals surface area contributed by atoms with Crippen LogP contribution < -0.4 is 15.8 Å². The maximum Gasteiger partial charge on any atom is 0.410 e. The number of fused-ring (bicyclic) bond motifs is 1. The second kappa shape index (κ2) is 8.69. The Hall–Kier alpha value is -2.15. The molecule has 2 aliphatic heterocycles. The van der Waals surface area contributed by atoms with E-state index in [1.54, 1.807) is 11.0 Å². The van der Waals surface area contributed by atoms with Gasteiger partial charge in [-0.1, -0.05) is 11.6 Å². The lowest BCUT2D eigenvalue weighted by Gasteiger charge is -2.33. The molecule has 0 atom stereocenters. The van der Waals surface area contributed by atoms with Gasteiger partial charge in [0.15, 0.2) is 0 Å². The highest BCUT2D eigenvalue weighted by molar-refractivity contribution is 6.33. The van der Waals surface area contributed by atoms with Gasteiger partial charge >= 0.3 is 6.09 Å². The van der Waals surface area contributed by atoms with Crippen LogP contribution in [-0.4, -0.2) is 48.7 Å². The van der Waals surface area contributed by atoms with E-state index in [9.17, 15) is 9.59 Å². The van der Waals surface area contributed by atoms with Crippen LogP contribution in [0.3, 0.4) is 0 Å². The minimum Gasteiger partial charge on any atom is -0.492 e. The Morgan fingerprint density at radius 1 is 1.34 bits per heavy atom. The number of hydrogen-bond donors (Lipinski definition) is 2. The normalized spacial score (nSPS) is 17.3. The maximum atomic E-state index is 12.8. The number of nitrogens with zero attached hydrogens (tertiary/aromatic N) is 1. The topological polar surface area (TPSA) is 93.9 Å². The number of ether oxygens (including phenoxy) is 2. The Bertz CT molecular complexity index is 783. The van der Waals surface area contributed by atoms with E-state index in [1.807, 2.05) is 20.8 Å². The Morgan fingerprint density at radius 3 is 2.69 bits per heavy atom. The number of nitrogens with two attached hydrogens (primary N) is 1. The molecule has 3 N–H and O–H groups in total. The summed E-state index contributed by atoms with van der Waals surface area (Å²) in [6.45, 7) is 7.94. The number of benzene rings is 1. The molecule has 0 spiro atoms. The molecule has 1 aromatic rings. The summed E-state index contributed by atoms with van der Waals surface area (Å²) in [5.74, 6) is 0.647. The van der Waals surface area contributed by atoms with E-state index in [2.05, 4.69) is 5.32 Å². The first kappa shape index (κ1) is 21.6. The lowest BCUT2D eigenvalue weighted by molar-refractivity contribution is 0.0183. The largest absolute Gasteiger partial charge is 0.492 e. The van der Waals surface area contributed by atoms with Crippen LogP contribution in [0, 0.1) is 5.92 Å². The summed E-state index contributed by atoms with van der Waals surface area (Å²) in [4.78, 5) is 26.7. The second-order valence-corrected chi connectivity index (χ2v) is 9.11. The van der Waals surface area contributed by atoms with Crippen molar-refractivity contribution >= 4 is 29.3 Å². The number of halogens is 1. The number of nitrogen functional groups attached to an aromatic ring is 1. The van der Waals surface area contributed by atoms with Crippen molar-refractivity contribution < 1.29 is 19.1 Å². The van der Waals surface area contributed by atoms with Gasteiger partial charge in [-0.25, -0.2) is 4.79 Å². The molecule has 29 heavy (non-hydrogen) atoms. The highest BCUT2D eigenvalue weighted by atomic mass is 35.5. The van der Waals surface area contributed by atoms with Gasteiger partial charge in [0.05, 0.1) is 22.9 Å². The third-order valence-corrected chi connectivity index (χ3v) is 5.56. The molecule has 0 saturated carbocycles. The number of hydrogen-bond acceptors (Lipinski definition) is 5. The molecule has 0 aromatic heterocycles. The van der Waals surface area contributed by atoms with Crippen LogP contribution in [-0.2, 0) is 11.2 Å². The third kappa shape index (κ3) is 5.26. The molecule has 1 saturated heterocycles. The Labute approximate surface area is 176 Å². The van der Waals surface area contributed by atoms with E-state index in [4.69, 9.17) is 26.8 Å². The summed E-state index contributed by atoms with van der Waals surface area (Å²) in [7, 11) is 0. The molecule has 1 fully saturated rings. The smallest absolute Gasteiger partial charge is 0.410 e. The summed E-state index contributed by atoms with van der Waals surface area (Å²) < 4.78 is 11.1. The molecule has 7 nitrogen and oxygen atoms in total. The predicted octanol–water partition coefficient (Wildman–Crippen LogP) is 3.62. The first-order chi connectivity index (χ1) is 13.7. The summed E-state index contributed by atoms with van der Waals surface area (Å²) >= 11 is 6.23. The van der Waals surface area contributed by atoms with Crippen LogP contribution in [0.15, 0.2) is 6.07 Å². The minimum atomic E-state index is -0.497. The van der Waals surface area contributed by atoms with Gasteiger partial charge in [-0.15, -0.1) is 0 Å². The number of anilines is 1. The molecular weight excluding hydrogens is 394 g/mol. The average molecular weight is 424 g/mol. The molecule has 0 aliphatic carbocycles. The van der Waals surface area contributed by atoms with Crippen LogP contribution >= 0.6 is 11.6 Å². The van der Waals surface area contributed by atoms with E-state index in [0.717, 1.165) is 31.2 Å². The quantitative estimate of drug-likeness (QED) is 0.724. The van der Waals surface area contributed by atoms with Gasteiger partial charge in [-0.05, 0) is 58.4 Å². The predicted molar refractivity (Wildman–Crippen MR) is 113 cm³/mol. The number of likely N-dealkylation sites (tertiary alicyclic amines) is 1. The first-order valence-electron chi connectivity index (χ1n) is 10.2. The van der Waals surface area contributed by atoms with E-state index >= 15 is 0 Å². The molecule has 1 aromatic carbocycles. The van der Waals surface area contributed by atoms with Crippen molar-refractivity contribution in [2.45, 2.75) is 52.1 Å². The zero-order valence-corrected chi connectivity index (χ0v) is 18.1. The second-order valence-electron chi connectivity index (χ2n) is 8.70. The third-order valence-electron chi connectivity index (χ3n) is 5.25. The van der Waals surface area contributed by atoms with Crippen molar-refractivity contribution in [2.75, 3.05) is 32.0 Å². The van der Waals surface area contributed by atoms with E-state index in [1.165, 1.54) is 0 Å². The Morgan fingerprint density at radius 2 is 2.03 bits per heavy atom. The van der Waals surface area contributed by atoms with Crippen LogP contribution in [0.25, 0.3) is 0 Å². The van der Waals surface area contributed by atoms with E-state index in [-0.39, 0.29) is 12.0 Å². The molecular formula is C21H30ClN3O4. The molecule has 160 valence electrons. The van der Waals surface area contributed by atoms with Gasteiger partial charge < -0.3 is 25.4 Å². The van der Waals surface area contributed by atoms with Crippen LogP contribution in [0.4, 0.5) is 10.5 Å². The number of carbonyl (C=O) groups is 2. The van der Waals surface area contributed by atoms with Crippen LogP contribution in [0.5, 0.6) is 5.75 Å². The summed E-state index contributed by atoms with van der Waals surface area (Å²) in [5, 5.41) is 3.37. The van der Waals surface area contributed by atoms with Gasteiger partial charge in [0, 0.05) is 25.2 Å². The van der Waals surface area contributed by atoms with Crippen molar-refractivity contribution in [3.63, 3.8) is 0 Å². The zero-order chi connectivity index (χ0) is 21.2. The number of amides is 2. The van der Waals surface area contributed by atoms with Gasteiger partial charge in [0.2, 0.25) is 0 Å². The number of piperidine rings is 1. The fourth-order valence-corrected chi connectivity index (χ4v) is 3.91. The van der Waals surface area contributed by atoms with E-state index < -0.39 is 5.60 Å². The van der Waals surface area contributed by atoms with Crippen LogP contribution in [0.1, 0.15) is 56.0 Å². The molecule has 2 amide bonds. The SMILES string of the molecule is CC(C)(C)OC(=O)N1CCC(CNC(=O)c2cc(Cl)c(N)c3c2OCCC3)CC1. The van der Waals surface area contributed by atoms with Crippen molar-refractivity contribution in [3.8, 4) is 5.75 Å². The van der Waals surface area contributed by atoms with Crippen molar-refractivity contribution in [1.29, 1.82) is 0 Å². The summed E-state index contributed by atoms with van der Waals surface area (Å²) in [6.07, 6.45) is 2.97. The van der Waals surface area contributed by atoms with Gasteiger partial charge in [0.1, 0.15) is 11.4 Å². The van der Waals surface area contributed by atoms with Gasteiger partial charge in [-0.3, -0.25) is 4.79 Å². The van der Waals surface area contributed by atoms with Crippen molar-refractivity contribution in [2.24, 2.45) is 5.92 Å². The average Bonchev–Trinajstić information content (AvgIpc) is 2.68. The van der Waals surface area contributed by atoms with E-state index in [0.29, 0.717) is 54.2 Å². The monoisotopic (exact) mass is 423 g/mol. The number of carbonyl (C=O) groups excluding carboxylic acids is 2. The lowest BCUT2D eigenvalue weighted by atomic mass is 9.96. The minimum absolute atomic E-state index is 0.209. The Kier molecular flexibility index (Phi) is 6.46. The Balaban J connectivity index is 1.55. The molecule has 0 radical (unpaired) electrons. The zero-order valence-electron chi connectivity index (χ0n) is 17.3. The fourth-order valence-electron chi connectivity index (χ4n) is 3.68. The van der Waals surface area contributed by atoms with Crippen molar-refractivity contribution in [1.82, 2.24) is 10.2 Å². The maximum absolute atomic E-state index is 12.8. The molecule has 0 bridgehead atoms. The van der Waals surface area contributed by atoms with Crippen LogP contribution in [0.2, 0.25) is 5.02 Å². The summed E-state index contributed by atoms with van der Waals surface area (Å²) in [5.41, 5.74) is 7.30. The fraction of sp³-hybridized carbons (Fsp3) is 0.619. The molecule has 8 heteroatoms. The first-order valence-corrected chi connectivity index (χ1v) is 10.5. The highest BCUT2D eigenvalue weighted by Crippen LogP contribution is 2.38. The summed E-state index contributed by atoms with van der Waals surface area (Å²) in [6, 6.07) is 1.58. The lowest BCUT2D eigenvalue weighted by Crippen LogP contribution is -2.43. The standard InChI is InChI=1S/C21H30ClN3O4/c1-21(2,3)29-20(27)25-8-6-13(7-9-25)12-24-19(26)15-11-16(22)17(23)14-5-4-10-28-18(14)15/h11,13H,4-10,12,23H2,1-3H3,(H,24,26). The van der Waals surface area contributed by atoms with Gasteiger partial charge in [0.25, 0.3) is 5.91 Å². The molecule has 0 unspecified atom stereocenters. The molecule has 2 aliphatic rings. The molecule has 2 heterocycles.